The lowest BCUT2D eigenvalue weighted by Crippen LogP contribution is -2.17. The largest absolute Gasteiger partial charge is 0.491 e. The molecule has 0 atom stereocenters. The smallest absolute Gasteiger partial charge is 0.271 e. The highest BCUT2D eigenvalue weighted by Gasteiger charge is 2.05. The zero-order valence-electron chi connectivity index (χ0n) is 16.8. The molecule has 0 saturated carbocycles. The average Bonchev–Trinajstić information content (AvgIpc) is 2.74. The van der Waals surface area contributed by atoms with Crippen LogP contribution in [0.1, 0.15) is 35.3 Å². The van der Waals surface area contributed by atoms with Crippen molar-refractivity contribution in [2.45, 2.75) is 26.6 Å². The van der Waals surface area contributed by atoms with Gasteiger partial charge in [0, 0.05) is 10.6 Å². The molecule has 3 aromatic rings. The minimum atomic E-state index is -0.296. The van der Waals surface area contributed by atoms with Crippen LogP contribution in [0.5, 0.6) is 11.5 Å². The number of rotatable bonds is 8. The molecule has 30 heavy (non-hydrogen) atoms. The molecule has 0 saturated heterocycles. The summed E-state index contributed by atoms with van der Waals surface area (Å²) in [6.07, 6.45) is 1.71. The lowest BCUT2D eigenvalue weighted by atomic mass is 10.2. The van der Waals surface area contributed by atoms with Gasteiger partial charge < -0.3 is 9.47 Å². The third-order valence-corrected chi connectivity index (χ3v) is 4.32. The molecule has 0 spiro atoms. The van der Waals surface area contributed by atoms with Gasteiger partial charge in [-0.25, -0.2) is 5.43 Å². The molecule has 154 valence electrons. The maximum atomic E-state index is 12.2. The Morgan fingerprint density at radius 1 is 0.967 bits per heavy atom. The summed E-state index contributed by atoms with van der Waals surface area (Å²) in [5.74, 6) is 1.17. The van der Waals surface area contributed by atoms with Crippen LogP contribution in [0.3, 0.4) is 0 Å². The summed E-state index contributed by atoms with van der Waals surface area (Å²) in [4.78, 5) is 12.2. The first-order valence-electron chi connectivity index (χ1n) is 9.57. The highest BCUT2D eigenvalue weighted by molar-refractivity contribution is 6.30. The fourth-order valence-electron chi connectivity index (χ4n) is 2.58. The number of hydrogen-bond acceptors (Lipinski definition) is 4. The van der Waals surface area contributed by atoms with Crippen LogP contribution in [0, 0.1) is 0 Å². The van der Waals surface area contributed by atoms with Crippen molar-refractivity contribution in [3.8, 4) is 11.5 Å². The number of nitrogens with zero attached hydrogens (tertiary/aromatic N) is 1. The molecule has 1 amide bonds. The van der Waals surface area contributed by atoms with Gasteiger partial charge in [0.1, 0.15) is 18.1 Å². The average molecular weight is 423 g/mol. The summed E-state index contributed by atoms with van der Waals surface area (Å²) in [6, 6.07) is 21.8. The Labute approximate surface area is 181 Å². The molecular weight excluding hydrogens is 400 g/mol. The van der Waals surface area contributed by atoms with E-state index in [2.05, 4.69) is 10.5 Å². The SMILES string of the molecule is CC(C)Oc1ccc(C=NNC(=O)c2ccc(OCc3ccc(Cl)cc3)cc2)cc1. The Balaban J connectivity index is 1.49. The predicted octanol–water partition coefficient (Wildman–Crippen LogP) is 5.47. The maximum Gasteiger partial charge on any atom is 0.271 e. The number of halogens is 1. The molecule has 0 heterocycles. The molecule has 3 rings (SSSR count). The minimum absolute atomic E-state index is 0.123. The van der Waals surface area contributed by atoms with Gasteiger partial charge in [0.15, 0.2) is 0 Å². The molecule has 1 N–H and O–H groups in total. The van der Waals surface area contributed by atoms with Gasteiger partial charge in [-0.05, 0) is 85.6 Å². The van der Waals surface area contributed by atoms with Crippen LogP contribution in [0.2, 0.25) is 5.02 Å². The number of ether oxygens (including phenoxy) is 2. The van der Waals surface area contributed by atoms with E-state index in [-0.39, 0.29) is 12.0 Å². The topological polar surface area (TPSA) is 59.9 Å². The number of carbonyl (C=O) groups excluding carboxylic acids is 1. The Bertz CT molecular complexity index is 982. The van der Waals surface area contributed by atoms with Crippen LogP contribution >= 0.6 is 11.6 Å². The van der Waals surface area contributed by atoms with Crippen LogP contribution in [-0.4, -0.2) is 18.2 Å². The van der Waals surface area contributed by atoms with Crippen LogP contribution in [-0.2, 0) is 6.61 Å². The minimum Gasteiger partial charge on any atom is -0.491 e. The molecule has 0 unspecified atom stereocenters. The Kier molecular flexibility index (Phi) is 7.46. The zero-order valence-corrected chi connectivity index (χ0v) is 17.6. The maximum absolute atomic E-state index is 12.2. The third-order valence-electron chi connectivity index (χ3n) is 4.07. The molecule has 0 aliphatic carbocycles. The number of benzene rings is 3. The van der Waals surface area contributed by atoms with E-state index < -0.39 is 0 Å². The standard InChI is InChI=1S/C24H23ClN2O3/c1-17(2)30-23-11-5-18(6-12-23)15-26-27-24(28)20-7-13-22(14-8-20)29-16-19-3-9-21(25)10-4-19/h3-15,17H,16H2,1-2H3,(H,27,28). The van der Waals surface area contributed by atoms with Crippen molar-refractivity contribution < 1.29 is 14.3 Å². The van der Waals surface area contributed by atoms with E-state index in [0.29, 0.717) is 22.9 Å². The van der Waals surface area contributed by atoms with Crippen LogP contribution < -0.4 is 14.9 Å². The van der Waals surface area contributed by atoms with Gasteiger partial charge in [-0.15, -0.1) is 0 Å². The van der Waals surface area contributed by atoms with Crippen LogP contribution in [0.4, 0.5) is 0 Å². The van der Waals surface area contributed by atoms with Crippen molar-refractivity contribution in [3.05, 3.63) is 94.5 Å². The third kappa shape index (κ3) is 6.64. The second-order valence-corrected chi connectivity index (χ2v) is 7.31. The van der Waals surface area contributed by atoms with Gasteiger partial charge in [0.2, 0.25) is 0 Å². The molecule has 6 heteroatoms. The van der Waals surface area contributed by atoms with Gasteiger partial charge in [0.05, 0.1) is 12.3 Å². The molecule has 0 aliphatic heterocycles. The fourth-order valence-corrected chi connectivity index (χ4v) is 2.71. The summed E-state index contributed by atoms with van der Waals surface area (Å²) < 4.78 is 11.3. The van der Waals surface area contributed by atoms with E-state index in [1.807, 2.05) is 62.4 Å². The van der Waals surface area contributed by atoms with Crippen LogP contribution in [0.25, 0.3) is 0 Å². The first kappa shape index (κ1) is 21.4. The van der Waals surface area contributed by atoms with E-state index in [1.165, 1.54) is 0 Å². The number of hydrogen-bond donors (Lipinski definition) is 1. The lowest BCUT2D eigenvalue weighted by molar-refractivity contribution is 0.0955. The molecule has 5 nitrogen and oxygen atoms in total. The van der Waals surface area contributed by atoms with Crippen molar-refractivity contribution in [1.29, 1.82) is 0 Å². The van der Waals surface area contributed by atoms with Gasteiger partial charge in [-0.1, -0.05) is 23.7 Å². The van der Waals surface area contributed by atoms with Crippen molar-refractivity contribution in [2.75, 3.05) is 0 Å². The summed E-state index contributed by atoms with van der Waals surface area (Å²) in [6.45, 7) is 4.38. The molecule has 3 aromatic carbocycles. The predicted molar refractivity (Wildman–Crippen MR) is 119 cm³/mol. The van der Waals surface area contributed by atoms with Crippen molar-refractivity contribution in [1.82, 2.24) is 5.43 Å². The van der Waals surface area contributed by atoms with E-state index in [0.717, 1.165) is 16.9 Å². The number of amides is 1. The van der Waals surface area contributed by atoms with Crippen molar-refractivity contribution in [2.24, 2.45) is 5.10 Å². The monoisotopic (exact) mass is 422 g/mol. The molecule has 0 radical (unpaired) electrons. The Morgan fingerprint density at radius 2 is 1.60 bits per heavy atom. The summed E-state index contributed by atoms with van der Waals surface area (Å²) >= 11 is 5.88. The molecule has 0 aliphatic rings. The van der Waals surface area contributed by atoms with Gasteiger partial charge >= 0.3 is 0 Å². The first-order valence-corrected chi connectivity index (χ1v) is 9.95. The van der Waals surface area contributed by atoms with E-state index in [4.69, 9.17) is 21.1 Å². The second kappa shape index (κ2) is 10.5. The molecule has 0 fully saturated rings. The normalized spacial score (nSPS) is 10.9. The van der Waals surface area contributed by atoms with Crippen molar-refractivity contribution in [3.63, 3.8) is 0 Å². The van der Waals surface area contributed by atoms with E-state index >= 15 is 0 Å². The highest BCUT2D eigenvalue weighted by atomic mass is 35.5. The highest BCUT2D eigenvalue weighted by Crippen LogP contribution is 2.16. The van der Waals surface area contributed by atoms with Gasteiger partial charge in [-0.2, -0.15) is 5.10 Å². The zero-order chi connectivity index (χ0) is 21.3. The van der Waals surface area contributed by atoms with Crippen molar-refractivity contribution >= 4 is 23.7 Å². The number of hydrazone groups is 1. The molecule has 0 bridgehead atoms. The summed E-state index contributed by atoms with van der Waals surface area (Å²) in [5.41, 5.74) is 4.89. The Morgan fingerprint density at radius 3 is 2.23 bits per heavy atom. The summed E-state index contributed by atoms with van der Waals surface area (Å²) in [7, 11) is 0. The first-order chi connectivity index (χ1) is 14.5. The Hall–Kier alpha value is -3.31. The van der Waals surface area contributed by atoms with E-state index in [9.17, 15) is 4.79 Å². The molecule has 0 aromatic heterocycles. The number of nitrogens with one attached hydrogen (secondary N) is 1. The van der Waals surface area contributed by atoms with Gasteiger partial charge in [-0.3, -0.25) is 4.79 Å². The van der Waals surface area contributed by atoms with E-state index in [1.54, 1.807) is 30.5 Å². The second-order valence-electron chi connectivity index (χ2n) is 6.87. The molecular formula is C24H23ClN2O3. The quantitative estimate of drug-likeness (QED) is 0.386. The number of carbonyl (C=O) groups is 1. The fraction of sp³-hybridized carbons (Fsp3) is 0.167. The van der Waals surface area contributed by atoms with Gasteiger partial charge in [0.25, 0.3) is 5.91 Å². The van der Waals surface area contributed by atoms with Crippen LogP contribution in [0.15, 0.2) is 77.9 Å². The lowest BCUT2D eigenvalue weighted by Gasteiger charge is -2.09. The summed E-state index contributed by atoms with van der Waals surface area (Å²) in [5, 5.41) is 4.70.